The van der Waals surface area contributed by atoms with Crippen LogP contribution in [0.2, 0.25) is 10.0 Å². The van der Waals surface area contributed by atoms with Crippen LogP contribution in [-0.4, -0.2) is 27.0 Å². The van der Waals surface area contributed by atoms with Crippen LogP contribution < -0.4 is 4.74 Å². The Bertz CT molecular complexity index is 1100. The average molecular weight is 433 g/mol. The number of halogens is 2. The Morgan fingerprint density at radius 3 is 2.68 bits per heavy atom. The molecule has 6 nitrogen and oxygen atoms in total. The van der Waals surface area contributed by atoms with Crippen LogP contribution in [0, 0.1) is 0 Å². The molecule has 0 amide bonds. The molecule has 0 N–H and O–H groups in total. The summed E-state index contributed by atoms with van der Waals surface area (Å²) >= 11 is 13.9. The summed E-state index contributed by atoms with van der Waals surface area (Å²) in [6, 6.07) is 14.7. The molecule has 0 radical (unpaired) electrons. The molecule has 0 fully saturated rings. The minimum absolute atomic E-state index is 0.576. The molecule has 2 aromatic heterocycles. The third-order valence-corrected chi connectivity index (χ3v) is 5.37. The normalized spacial score (nSPS) is 11.0. The Balaban J connectivity index is 1.85. The summed E-state index contributed by atoms with van der Waals surface area (Å²) in [7, 11) is 1.61. The second-order valence-corrected chi connectivity index (χ2v) is 7.56. The lowest BCUT2D eigenvalue weighted by molar-refractivity contribution is 0.412. The number of hydrogen-bond donors (Lipinski definition) is 0. The Hall–Kier alpha value is -2.48. The molecule has 28 heavy (non-hydrogen) atoms. The van der Waals surface area contributed by atoms with E-state index in [0.717, 1.165) is 16.9 Å². The van der Waals surface area contributed by atoms with E-state index >= 15 is 0 Å². The van der Waals surface area contributed by atoms with Gasteiger partial charge in [-0.15, -0.1) is 10.2 Å². The van der Waals surface area contributed by atoms with Gasteiger partial charge >= 0.3 is 0 Å². The lowest BCUT2D eigenvalue weighted by Crippen LogP contribution is -2.02. The molecule has 0 saturated carbocycles. The quantitative estimate of drug-likeness (QED) is 0.373. The number of rotatable bonds is 6. The van der Waals surface area contributed by atoms with Crippen molar-refractivity contribution in [3.05, 3.63) is 70.5 Å². The van der Waals surface area contributed by atoms with E-state index in [1.54, 1.807) is 13.2 Å². The van der Waals surface area contributed by atoms with Crippen LogP contribution in [0.25, 0.3) is 17.1 Å². The van der Waals surface area contributed by atoms with Crippen LogP contribution in [0.3, 0.4) is 0 Å². The first-order chi connectivity index (χ1) is 13.7. The van der Waals surface area contributed by atoms with E-state index in [0.29, 0.717) is 32.5 Å². The van der Waals surface area contributed by atoms with E-state index in [1.807, 2.05) is 47.0 Å². The predicted molar refractivity (Wildman–Crippen MR) is 109 cm³/mol. The Morgan fingerprint density at radius 1 is 1.07 bits per heavy atom. The third kappa shape index (κ3) is 3.87. The number of thioether (sulfide) groups is 1. The van der Waals surface area contributed by atoms with Crippen LogP contribution in [0.1, 0.15) is 5.69 Å². The van der Waals surface area contributed by atoms with Gasteiger partial charge in [0.25, 0.3) is 0 Å². The summed E-state index contributed by atoms with van der Waals surface area (Å²) in [5, 5.41) is 14.6. The Morgan fingerprint density at radius 2 is 1.93 bits per heavy atom. The molecule has 142 valence electrons. The van der Waals surface area contributed by atoms with Gasteiger partial charge in [0.05, 0.1) is 18.5 Å². The van der Waals surface area contributed by atoms with Crippen molar-refractivity contribution in [2.45, 2.75) is 10.9 Å². The summed E-state index contributed by atoms with van der Waals surface area (Å²) in [4.78, 5) is 0. The summed E-state index contributed by atoms with van der Waals surface area (Å²) in [6.07, 6.45) is 1.54. The van der Waals surface area contributed by atoms with Crippen molar-refractivity contribution in [3.8, 4) is 22.8 Å². The van der Waals surface area contributed by atoms with E-state index in [4.69, 9.17) is 32.5 Å². The molecule has 0 saturated heterocycles. The lowest BCUT2D eigenvalue weighted by atomic mass is 10.2. The molecule has 0 aliphatic carbocycles. The summed E-state index contributed by atoms with van der Waals surface area (Å²) in [6.45, 7) is 0. The molecule has 4 aromatic rings. The van der Waals surface area contributed by atoms with Crippen molar-refractivity contribution in [1.29, 1.82) is 0 Å². The molecule has 0 bridgehead atoms. The van der Waals surface area contributed by atoms with E-state index in [-0.39, 0.29) is 0 Å². The second kappa shape index (κ2) is 8.26. The van der Waals surface area contributed by atoms with Gasteiger partial charge in [-0.1, -0.05) is 52.3 Å². The highest BCUT2D eigenvalue weighted by Gasteiger charge is 2.20. The topological polar surface area (TPSA) is 66.0 Å². The number of nitrogens with zero attached hydrogens (tertiary/aromatic N) is 4. The van der Waals surface area contributed by atoms with Gasteiger partial charge in [-0.2, -0.15) is 0 Å². The van der Waals surface area contributed by atoms with Gasteiger partial charge in [-0.25, -0.2) is 0 Å². The lowest BCUT2D eigenvalue weighted by Gasteiger charge is -2.14. The van der Waals surface area contributed by atoms with Gasteiger partial charge in [-0.3, -0.25) is 4.57 Å². The average Bonchev–Trinajstić information content (AvgIpc) is 3.36. The van der Waals surface area contributed by atoms with Crippen molar-refractivity contribution in [2.75, 3.05) is 7.11 Å². The highest BCUT2D eigenvalue weighted by Crippen LogP contribution is 2.35. The number of aromatic nitrogens is 4. The van der Waals surface area contributed by atoms with Gasteiger partial charge in [-0.05, 0) is 30.3 Å². The predicted octanol–water partition coefficient (Wildman–Crippen LogP) is 5.53. The minimum atomic E-state index is 0.576. The fourth-order valence-corrected chi connectivity index (χ4v) is 3.88. The second-order valence-electron chi connectivity index (χ2n) is 5.75. The first-order valence-electron chi connectivity index (χ1n) is 8.23. The zero-order valence-corrected chi connectivity index (χ0v) is 17.0. The molecule has 0 spiro atoms. The van der Waals surface area contributed by atoms with E-state index < -0.39 is 0 Å². The third-order valence-electron chi connectivity index (χ3n) is 3.94. The van der Waals surface area contributed by atoms with E-state index in [2.05, 4.69) is 15.4 Å². The first-order valence-corrected chi connectivity index (χ1v) is 9.97. The SMILES string of the molecule is COc1ccc(Cl)cc1-n1c(SCc2ccon2)nnc1-c1cccc(Cl)c1. The standard InChI is InChI=1S/C19H14Cl2N4O2S/c1-26-17-6-5-14(21)10-16(17)25-18(12-3-2-4-13(20)9-12)22-23-19(25)28-11-15-7-8-27-24-15/h2-10H,11H2,1H3. The van der Waals surface area contributed by atoms with Crippen molar-refractivity contribution in [1.82, 2.24) is 19.9 Å². The van der Waals surface area contributed by atoms with Crippen LogP contribution in [0.4, 0.5) is 0 Å². The molecule has 2 heterocycles. The van der Waals surface area contributed by atoms with Crippen LogP contribution in [0.15, 0.2) is 64.5 Å². The van der Waals surface area contributed by atoms with E-state index in [1.165, 1.54) is 18.0 Å². The summed E-state index contributed by atoms with van der Waals surface area (Å²) in [5.41, 5.74) is 2.37. The van der Waals surface area contributed by atoms with Gasteiger partial charge in [0.15, 0.2) is 11.0 Å². The highest BCUT2D eigenvalue weighted by atomic mass is 35.5. The number of ether oxygens (including phenoxy) is 1. The Labute approximate surface area is 175 Å². The fraction of sp³-hybridized carbons (Fsp3) is 0.105. The zero-order valence-electron chi connectivity index (χ0n) is 14.7. The van der Waals surface area contributed by atoms with Crippen molar-refractivity contribution < 1.29 is 9.26 Å². The van der Waals surface area contributed by atoms with Crippen LogP contribution >= 0.6 is 35.0 Å². The van der Waals surface area contributed by atoms with Gasteiger partial charge < -0.3 is 9.26 Å². The van der Waals surface area contributed by atoms with Gasteiger partial charge in [0, 0.05) is 27.4 Å². The van der Waals surface area contributed by atoms with Gasteiger partial charge in [0.1, 0.15) is 12.0 Å². The highest BCUT2D eigenvalue weighted by molar-refractivity contribution is 7.98. The zero-order chi connectivity index (χ0) is 19.5. The Kier molecular flexibility index (Phi) is 5.57. The molecule has 2 aromatic carbocycles. The maximum atomic E-state index is 6.26. The molecule has 0 aliphatic heterocycles. The summed E-state index contributed by atoms with van der Waals surface area (Å²) < 4.78 is 12.3. The van der Waals surface area contributed by atoms with Crippen molar-refractivity contribution in [2.24, 2.45) is 0 Å². The molecule has 0 unspecified atom stereocenters. The van der Waals surface area contributed by atoms with Crippen LogP contribution in [-0.2, 0) is 5.75 Å². The molecular formula is C19H14Cl2N4O2S. The van der Waals surface area contributed by atoms with Crippen LogP contribution in [0.5, 0.6) is 5.75 Å². The smallest absolute Gasteiger partial charge is 0.196 e. The molecule has 0 aliphatic rings. The maximum Gasteiger partial charge on any atom is 0.196 e. The van der Waals surface area contributed by atoms with E-state index in [9.17, 15) is 0 Å². The maximum absolute atomic E-state index is 6.26. The largest absolute Gasteiger partial charge is 0.495 e. The molecule has 0 atom stereocenters. The molecule has 4 rings (SSSR count). The molecular weight excluding hydrogens is 419 g/mol. The van der Waals surface area contributed by atoms with Crippen molar-refractivity contribution >= 4 is 35.0 Å². The number of methoxy groups -OCH3 is 1. The fourth-order valence-electron chi connectivity index (χ4n) is 2.68. The number of hydrogen-bond acceptors (Lipinski definition) is 6. The van der Waals surface area contributed by atoms with Crippen molar-refractivity contribution in [3.63, 3.8) is 0 Å². The summed E-state index contributed by atoms with van der Waals surface area (Å²) in [5.74, 6) is 1.86. The monoisotopic (exact) mass is 432 g/mol. The minimum Gasteiger partial charge on any atom is -0.495 e. The first kappa shape index (κ1) is 18.9. The molecule has 9 heteroatoms. The van der Waals surface area contributed by atoms with Gasteiger partial charge in [0.2, 0.25) is 0 Å². The number of benzene rings is 2.